The van der Waals surface area contributed by atoms with Gasteiger partial charge in [0, 0.05) is 18.7 Å². The van der Waals surface area contributed by atoms with Gasteiger partial charge in [0.05, 0.1) is 7.11 Å². The van der Waals surface area contributed by atoms with Gasteiger partial charge in [-0.05, 0) is 44.5 Å². The lowest BCUT2D eigenvalue weighted by molar-refractivity contribution is 0.259. The fourth-order valence-electron chi connectivity index (χ4n) is 2.04. The van der Waals surface area contributed by atoms with Crippen LogP contribution < -0.4 is 4.74 Å². The van der Waals surface area contributed by atoms with Crippen LogP contribution in [-0.2, 0) is 13.0 Å². The molecule has 0 spiro atoms. The minimum Gasteiger partial charge on any atom is -0.496 e. The highest BCUT2D eigenvalue weighted by Crippen LogP contribution is 2.21. The summed E-state index contributed by atoms with van der Waals surface area (Å²) < 4.78 is 5.40. The molecule has 0 saturated heterocycles. The van der Waals surface area contributed by atoms with E-state index in [9.17, 15) is 0 Å². The van der Waals surface area contributed by atoms with Crippen LogP contribution in [0.25, 0.3) is 0 Å². The topological polar surface area (TPSA) is 32.7 Å². The van der Waals surface area contributed by atoms with Gasteiger partial charge in [0.2, 0.25) is 0 Å². The highest BCUT2D eigenvalue weighted by molar-refractivity contribution is 5.37. The maximum Gasteiger partial charge on any atom is 0.123 e. The third-order valence-corrected chi connectivity index (χ3v) is 3.14. The first kappa shape index (κ1) is 15.0. The molecule has 0 atom stereocenters. The molecule has 1 aromatic rings. The first-order valence-corrected chi connectivity index (χ1v) is 6.66. The molecule has 3 heteroatoms. The quantitative estimate of drug-likeness (QED) is 0.720. The van der Waals surface area contributed by atoms with Crippen LogP contribution in [0, 0.1) is 0 Å². The second-order valence-electron chi connectivity index (χ2n) is 4.67. The van der Waals surface area contributed by atoms with Crippen LogP contribution in [0.15, 0.2) is 18.2 Å². The molecule has 0 amide bonds. The Morgan fingerprint density at radius 2 is 2.06 bits per heavy atom. The van der Waals surface area contributed by atoms with Crippen LogP contribution in [0.5, 0.6) is 5.75 Å². The number of rotatable bonds is 8. The van der Waals surface area contributed by atoms with Gasteiger partial charge < -0.3 is 14.7 Å². The smallest absolute Gasteiger partial charge is 0.123 e. The summed E-state index contributed by atoms with van der Waals surface area (Å²) in [6, 6.07) is 6.39. The summed E-state index contributed by atoms with van der Waals surface area (Å²) >= 11 is 0. The molecule has 1 N–H and O–H groups in total. The van der Waals surface area contributed by atoms with Crippen molar-refractivity contribution in [1.82, 2.24) is 4.90 Å². The van der Waals surface area contributed by atoms with Crippen LogP contribution in [-0.4, -0.2) is 37.3 Å². The second-order valence-corrected chi connectivity index (χ2v) is 4.67. The molecule has 0 saturated carbocycles. The summed E-state index contributed by atoms with van der Waals surface area (Å²) in [6.45, 7) is 4.33. The average molecular weight is 251 g/mol. The van der Waals surface area contributed by atoms with E-state index in [1.165, 1.54) is 11.1 Å². The third-order valence-electron chi connectivity index (χ3n) is 3.14. The Labute approximate surface area is 110 Å². The van der Waals surface area contributed by atoms with E-state index < -0.39 is 0 Å². The molecule has 1 rings (SSSR count). The maximum atomic E-state index is 8.78. The number of benzene rings is 1. The van der Waals surface area contributed by atoms with Gasteiger partial charge in [0.1, 0.15) is 5.75 Å². The zero-order valence-corrected chi connectivity index (χ0v) is 11.8. The molecule has 1 aromatic carbocycles. The van der Waals surface area contributed by atoms with Gasteiger partial charge in [-0.25, -0.2) is 0 Å². The highest BCUT2D eigenvalue weighted by Gasteiger charge is 2.07. The largest absolute Gasteiger partial charge is 0.496 e. The molecule has 0 unspecified atom stereocenters. The van der Waals surface area contributed by atoms with Crippen molar-refractivity contribution >= 4 is 0 Å². The van der Waals surface area contributed by atoms with Gasteiger partial charge in [-0.15, -0.1) is 0 Å². The highest BCUT2D eigenvalue weighted by atomic mass is 16.5. The molecule has 0 aliphatic carbocycles. The molecule has 0 heterocycles. The zero-order chi connectivity index (χ0) is 13.4. The van der Waals surface area contributed by atoms with Crippen molar-refractivity contribution in [2.75, 3.05) is 27.3 Å². The van der Waals surface area contributed by atoms with Crippen LogP contribution in [0.2, 0.25) is 0 Å². The van der Waals surface area contributed by atoms with E-state index in [2.05, 4.69) is 37.1 Å². The van der Waals surface area contributed by atoms with Crippen molar-refractivity contribution in [2.45, 2.75) is 32.7 Å². The molecule has 0 fully saturated rings. The SMILES string of the molecule is CCc1ccc(OC)c(CN(C)CCCCO)c1. The molecule has 102 valence electrons. The van der Waals surface area contributed by atoms with Crippen LogP contribution in [0.3, 0.4) is 0 Å². The van der Waals surface area contributed by atoms with Gasteiger partial charge in [-0.3, -0.25) is 0 Å². The summed E-state index contributed by atoms with van der Waals surface area (Å²) in [5.41, 5.74) is 2.58. The Hall–Kier alpha value is -1.06. The first-order valence-electron chi connectivity index (χ1n) is 6.66. The third kappa shape index (κ3) is 4.67. The minimum atomic E-state index is 0.280. The van der Waals surface area contributed by atoms with E-state index in [0.717, 1.165) is 38.1 Å². The molecule has 0 aliphatic heterocycles. The number of aryl methyl sites for hydroxylation is 1. The fourth-order valence-corrected chi connectivity index (χ4v) is 2.04. The lowest BCUT2D eigenvalue weighted by Gasteiger charge is -2.18. The van der Waals surface area contributed by atoms with Gasteiger partial charge in [-0.2, -0.15) is 0 Å². The van der Waals surface area contributed by atoms with Crippen molar-refractivity contribution in [3.63, 3.8) is 0 Å². The van der Waals surface area contributed by atoms with Crippen LogP contribution >= 0.6 is 0 Å². The van der Waals surface area contributed by atoms with E-state index in [4.69, 9.17) is 9.84 Å². The summed E-state index contributed by atoms with van der Waals surface area (Å²) in [5.74, 6) is 0.959. The minimum absolute atomic E-state index is 0.280. The Bertz CT molecular complexity index is 352. The zero-order valence-electron chi connectivity index (χ0n) is 11.8. The van der Waals surface area contributed by atoms with Crippen molar-refractivity contribution in [2.24, 2.45) is 0 Å². The number of methoxy groups -OCH3 is 1. The van der Waals surface area contributed by atoms with Crippen molar-refractivity contribution in [3.8, 4) is 5.75 Å². The molecule has 0 radical (unpaired) electrons. The number of ether oxygens (including phenoxy) is 1. The van der Waals surface area contributed by atoms with E-state index in [1.54, 1.807) is 7.11 Å². The number of nitrogens with zero attached hydrogens (tertiary/aromatic N) is 1. The molecule has 0 bridgehead atoms. The number of hydrogen-bond donors (Lipinski definition) is 1. The van der Waals surface area contributed by atoms with E-state index >= 15 is 0 Å². The van der Waals surface area contributed by atoms with Crippen molar-refractivity contribution in [1.29, 1.82) is 0 Å². The Balaban J connectivity index is 2.63. The second kappa shape index (κ2) is 8.11. The Kier molecular flexibility index (Phi) is 6.76. The molecule has 3 nitrogen and oxygen atoms in total. The van der Waals surface area contributed by atoms with E-state index in [0.29, 0.717) is 0 Å². The van der Waals surface area contributed by atoms with Gasteiger partial charge in [0.25, 0.3) is 0 Å². The molecule has 0 aliphatic rings. The summed E-state index contributed by atoms with van der Waals surface area (Å²) in [5, 5.41) is 8.78. The first-order chi connectivity index (χ1) is 8.71. The standard InChI is InChI=1S/C15H25NO2/c1-4-13-7-8-15(18-3)14(11-13)12-16(2)9-5-6-10-17/h7-8,11,17H,4-6,9-10,12H2,1-3H3. The molecule has 18 heavy (non-hydrogen) atoms. The number of hydrogen-bond acceptors (Lipinski definition) is 3. The number of aliphatic hydroxyl groups excluding tert-OH is 1. The van der Waals surface area contributed by atoms with Gasteiger partial charge in [0.15, 0.2) is 0 Å². The maximum absolute atomic E-state index is 8.78. The summed E-state index contributed by atoms with van der Waals surface area (Å²) in [7, 11) is 3.83. The molecular weight excluding hydrogens is 226 g/mol. The number of aliphatic hydroxyl groups is 1. The van der Waals surface area contributed by atoms with Crippen LogP contribution in [0.1, 0.15) is 30.9 Å². The van der Waals surface area contributed by atoms with Crippen molar-refractivity contribution < 1.29 is 9.84 Å². The lowest BCUT2D eigenvalue weighted by Crippen LogP contribution is -2.19. The monoisotopic (exact) mass is 251 g/mol. The molecule has 0 aromatic heterocycles. The normalized spacial score (nSPS) is 10.9. The summed E-state index contributed by atoms with van der Waals surface area (Å²) in [4.78, 5) is 2.27. The number of unbranched alkanes of at least 4 members (excludes halogenated alkanes) is 1. The summed E-state index contributed by atoms with van der Waals surface area (Å²) in [6.07, 6.45) is 2.95. The van der Waals surface area contributed by atoms with Crippen LogP contribution in [0.4, 0.5) is 0 Å². The Morgan fingerprint density at radius 1 is 1.28 bits per heavy atom. The molecular formula is C15H25NO2. The lowest BCUT2D eigenvalue weighted by atomic mass is 10.1. The van der Waals surface area contributed by atoms with E-state index in [-0.39, 0.29) is 6.61 Å². The Morgan fingerprint density at radius 3 is 2.67 bits per heavy atom. The predicted molar refractivity (Wildman–Crippen MR) is 75.0 cm³/mol. The van der Waals surface area contributed by atoms with Gasteiger partial charge >= 0.3 is 0 Å². The van der Waals surface area contributed by atoms with Crippen molar-refractivity contribution in [3.05, 3.63) is 29.3 Å². The average Bonchev–Trinajstić information content (AvgIpc) is 2.39. The van der Waals surface area contributed by atoms with Gasteiger partial charge in [-0.1, -0.05) is 19.1 Å². The fraction of sp³-hybridized carbons (Fsp3) is 0.600. The predicted octanol–water partition coefficient (Wildman–Crippen LogP) is 2.46. The van der Waals surface area contributed by atoms with E-state index in [1.807, 2.05) is 0 Å².